The maximum Gasteiger partial charge on any atom is 0.0542 e. The van der Waals surface area contributed by atoms with Gasteiger partial charge in [-0.05, 0) is 41.0 Å². The summed E-state index contributed by atoms with van der Waals surface area (Å²) >= 11 is 6.73. The molecule has 0 spiro atoms. The molecule has 13 heavy (non-hydrogen) atoms. The van der Waals surface area contributed by atoms with Gasteiger partial charge in [0.2, 0.25) is 0 Å². The van der Waals surface area contributed by atoms with Crippen molar-refractivity contribution in [3.8, 4) is 0 Å². The average molecular weight is 308 g/mol. The molecule has 0 amide bonds. The lowest BCUT2D eigenvalue weighted by Gasteiger charge is -2.02. The largest absolute Gasteiger partial charge is 0.311 e. The van der Waals surface area contributed by atoms with Crippen molar-refractivity contribution in [2.45, 2.75) is 13.0 Å². The van der Waals surface area contributed by atoms with Crippen molar-refractivity contribution in [3.63, 3.8) is 0 Å². The first kappa shape index (κ1) is 11.1. The van der Waals surface area contributed by atoms with E-state index in [-0.39, 0.29) is 0 Å². The summed E-state index contributed by atoms with van der Waals surface area (Å²) in [5.74, 6) is 0. The molecule has 0 atom stereocenters. The minimum atomic E-state index is 0.848. The van der Waals surface area contributed by atoms with E-state index in [1.807, 2.05) is 18.3 Å². The molecule has 0 saturated heterocycles. The Hall–Kier alpha value is 0.0700. The van der Waals surface area contributed by atoms with Gasteiger partial charge < -0.3 is 5.32 Å². The second-order valence-electron chi connectivity index (χ2n) is 2.69. The van der Waals surface area contributed by atoms with Gasteiger partial charge in [0.15, 0.2) is 0 Å². The Morgan fingerprint density at radius 2 is 2.23 bits per heavy atom. The highest BCUT2D eigenvalue weighted by atomic mass is 79.9. The van der Waals surface area contributed by atoms with Gasteiger partial charge in [-0.2, -0.15) is 0 Å². The van der Waals surface area contributed by atoms with E-state index in [0.717, 1.165) is 35.0 Å². The molecule has 4 heteroatoms. The fourth-order valence-corrected chi connectivity index (χ4v) is 1.43. The summed E-state index contributed by atoms with van der Waals surface area (Å²) in [6.45, 7) is 1.88. The van der Waals surface area contributed by atoms with Crippen LogP contribution in [-0.2, 0) is 6.54 Å². The van der Waals surface area contributed by atoms with Crippen LogP contribution in [0.4, 0.5) is 0 Å². The van der Waals surface area contributed by atoms with Gasteiger partial charge in [0.05, 0.1) is 5.69 Å². The number of nitrogens with zero attached hydrogens (tertiary/aromatic N) is 1. The molecule has 0 aliphatic rings. The molecular weight excluding hydrogens is 296 g/mol. The SMILES string of the molecule is BrCCCNCc1ccc(Br)cn1. The van der Waals surface area contributed by atoms with Crippen molar-refractivity contribution in [1.29, 1.82) is 0 Å². The van der Waals surface area contributed by atoms with Crippen molar-refractivity contribution in [1.82, 2.24) is 10.3 Å². The Balaban J connectivity index is 2.25. The molecule has 2 nitrogen and oxygen atoms in total. The first-order valence-electron chi connectivity index (χ1n) is 4.20. The lowest BCUT2D eigenvalue weighted by atomic mass is 10.3. The zero-order chi connectivity index (χ0) is 9.52. The monoisotopic (exact) mass is 306 g/mol. The zero-order valence-electron chi connectivity index (χ0n) is 7.26. The second kappa shape index (κ2) is 6.51. The summed E-state index contributed by atoms with van der Waals surface area (Å²) in [6.07, 6.45) is 2.97. The van der Waals surface area contributed by atoms with Gasteiger partial charge in [0.25, 0.3) is 0 Å². The third-order valence-electron chi connectivity index (χ3n) is 1.58. The van der Waals surface area contributed by atoms with Gasteiger partial charge in [-0.15, -0.1) is 0 Å². The molecule has 1 rings (SSSR count). The standard InChI is InChI=1S/C9H12Br2N2/c10-4-1-5-12-7-9-3-2-8(11)6-13-9/h2-3,6,12H,1,4-5,7H2. The zero-order valence-corrected chi connectivity index (χ0v) is 10.4. The third-order valence-corrected chi connectivity index (χ3v) is 2.61. The fourth-order valence-electron chi connectivity index (χ4n) is 0.919. The summed E-state index contributed by atoms with van der Waals surface area (Å²) in [5, 5.41) is 4.36. The van der Waals surface area contributed by atoms with Crippen molar-refractivity contribution in [2.24, 2.45) is 0 Å². The van der Waals surface area contributed by atoms with E-state index in [2.05, 4.69) is 42.2 Å². The topological polar surface area (TPSA) is 24.9 Å². The number of hydrogen-bond acceptors (Lipinski definition) is 2. The summed E-state index contributed by atoms with van der Waals surface area (Å²) in [7, 11) is 0. The van der Waals surface area contributed by atoms with Crippen LogP contribution in [0.1, 0.15) is 12.1 Å². The van der Waals surface area contributed by atoms with E-state index in [1.165, 1.54) is 0 Å². The summed E-state index contributed by atoms with van der Waals surface area (Å²) in [5.41, 5.74) is 1.08. The van der Waals surface area contributed by atoms with Gasteiger partial charge in [0, 0.05) is 22.5 Å². The molecule has 0 unspecified atom stereocenters. The number of rotatable bonds is 5. The van der Waals surface area contributed by atoms with Crippen LogP contribution in [0.15, 0.2) is 22.8 Å². The maximum absolute atomic E-state index is 4.25. The number of hydrogen-bond donors (Lipinski definition) is 1. The molecule has 0 aromatic carbocycles. The molecule has 1 aromatic heterocycles. The highest BCUT2D eigenvalue weighted by molar-refractivity contribution is 9.10. The molecule has 0 aliphatic heterocycles. The molecule has 1 heterocycles. The van der Waals surface area contributed by atoms with Crippen LogP contribution in [0.5, 0.6) is 0 Å². The first-order chi connectivity index (χ1) is 6.33. The predicted molar refractivity (Wildman–Crippen MR) is 62.1 cm³/mol. The van der Waals surface area contributed by atoms with Gasteiger partial charge in [-0.1, -0.05) is 15.9 Å². The Labute approximate surface area is 95.4 Å². The van der Waals surface area contributed by atoms with Gasteiger partial charge in [-0.25, -0.2) is 0 Å². The number of alkyl halides is 1. The van der Waals surface area contributed by atoms with Crippen LogP contribution in [0.25, 0.3) is 0 Å². The molecule has 1 aromatic rings. The molecule has 0 radical (unpaired) electrons. The highest BCUT2D eigenvalue weighted by Gasteiger charge is 1.93. The number of aromatic nitrogens is 1. The summed E-state index contributed by atoms with van der Waals surface area (Å²) in [4.78, 5) is 4.25. The van der Waals surface area contributed by atoms with Crippen molar-refractivity contribution in [2.75, 3.05) is 11.9 Å². The quantitative estimate of drug-likeness (QED) is 0.668. The Kier molecular flexibility index (Phi) is 5.58. The van der Waals surface area contributed by atoms with E-state index in [9.17, 15) is 0 Å². The van der Waals surface area contributed by atoms with E-state index < -0.39 is 0 Å². The average Bonchev–Trinajstić information content (AvgIpc) is 2.15. The summed E-state index contributed by atoms with van der Waals surface area (Å²) in [6, 6.07) is 4.03. The second-order valence-corrected chi connectivity index (χ2v) is 4.40. The molecule has 0 bridgehead atoms. The van der Waals surface area contributed by atoms with Crippen LogP contribution >= 0.6 is 31.9 Å². The van der Waals surface area contributed by atoms with E-state index >= 15 is 0 Å². The minimum Gasteiger partial charge on any atom is -0.311 e. The van der Waals surface area contributed by atoms with Crippen molar-refractivity contribution in [3.05, 3.63) is 28.5 Å². The molecule has 1 N–H and O–H groups in total. The van der Waals surface area contributed by atoms with Gasteiger partial charge >= 0.3 is 0 Å². The normalized spacial score (nSPS) is 10.3. The van der Waals surface area contributed by atoms with Crippen LogP contribution in [0.2, 0.25) is 0 Å². The fraction of sp³-hybridized carbons (Fsp3) is 0.444. The number of nitrogens with one attached hydrogen (secondary N) is 1. The van der Waals surface area contributed by atoms with E-state index in [1.54, 1.807) is 0 Å². The van der Waals surface area contributed by atoms with Crippen molar-refractivity contribution < 1.29 is 0 Å². The number of pyridine rings is 1. The molecule has 0 saturated carbocycles. The smallest absolute Gasteiger partial charge is 0.0542 e. The van der Waals surface area contributed by atoms with Crippen LogP contribution < -0.4 is 5.32 Å². The number of halogens is 2. The molecular formula is C9H12Br2N2. The Morgan fingerprint density at radius 3 is 2.85 bits per heavy atom. The highest BCUT2D eigenvalue weighted by Crippen LogP contribution is 2.06. The molecule has 72 valence electrons. The lowest BCUT2D eigenvalue weighted by molar-refractivity contribution is 0.668. The Morgan fingerprint density at radius 1 is 1.38 bits per heavy atom. The Bertz CT molecular complexity index is 236. The first-order valence-corrected chi connectivity index (χ1v) is 6.11. The lowest BCUT2D eigenvalue weighted by Crippen LogP contribution is -2.15. The van der Waals surface area contributed by atoms with Gasteiger partial charge in [0.1, 0.15) is 0 Å². The maximum atomic E-state index is 4.25. The van der Waals surface area contributed by atoms with Crippen molar-refractivity contribution >= 4 is 31.9 Å². The summed E-state index contributed by atoms with van der Waals surface area (Å²) < 4.78 is 1.02. The minimum absolute atomic E-state index is 0.848. The van der Waals surface area contributed by atoms with Gasteiger partial charge in [-0.3, -0.25) is 4.98 Å². The van der Waals surface area contributed by atoms with Crippen LogP contribution in [-0.4, -0.2) is 16.9 Å². The molecule has 0 fully saturated rings. The van der Waals surface area contributed by atoms with Crippen LogP contribution in [0, 0.1) is 0 Å². The van der Waals surface area contributed by atoms with E-state index in [4.69, 9.17) is 0 Å². The van der Waals surface area contributed by atoms with E-state index in [0.29, 0.717) is 0 Å². The predicted octanol–water partition coefficient (Wildman–Crippen LogP) is 2.72. The third kappa shape index (κ3) is 4.74. The van der Waals surface area contributed by atoms with Crippen LogP contribution in [0.3, 0.4) is 0 Å². The molecule has 0 aliphatic carbocycles.